The summed E-state index contributed by atoms with van der Waals surface area (Å²) in [5.41, 5.74) is 3.69. The summed E-state index contributed by atoms with van der Waals surface area (Å²) >= 11 is 0. The van der Waals surface area contributed by atoms with Gasteiger partial charge in [-0.25, -0.2) is 0 Å². The van der Waals surface area contributed by atoms with Gasteiger partial charge in [-0.15, -0.1) is 15.0 Å². The van der Waals surface area contributed by atoms with Crippen LogP contribution in [0.1, 0.15) is 0 Å². The molecule has 6 aromatic rings. The Hall–Kier alpha value is -5.51. The number of phenolic OH excluding ortho intramolecular Hbond substituents is 1. The van der Waals surface area contributed by atoms with Gasteiger partial charge in [-0.05, 0) is 48.5 Å². The second-order valence-electron chi connectivity index (χ2n) is 8.74. The fourth-order valence-corrected chi connectivity index (χ4v) is 4.02. The molecule has 192 valence electrons. The Morgan fingerprint density at radius 1 is 0.641 bits per heavy atom. The number of benzene rings is 4. The Bertz CT molecular complexity index is 1640. The molecule has 1 N–H and O–H groups in total. The zero-order valence-electron chi connectivity index (χ0n) is 21.2. The van der Waals surface area contributed by atoms with Crippen molar-refractivity contribution in [1.82, 2.24) is 29.9 Å². The van der Waals surface area contributed by atoms with Crippen molar-refractivity contribution in [3.8, 4) is 23.2 Å². The molecular formula is C29H24N8O2. The number of hydrogen-bond acceptors (Lipinski definition) is 9. The summed E-state index contributed by atoms with van der Waals surface area (Å²) in [4.78, 5) is 18.9. The number of fused-ring (bicyclic) bond motifs is 1. The second kappa shape index (κ2) is 10.1. The Morgan fingerprint density at radius 2 is 1.15 bits per heavy atom. The van der Waals surface area contributed by atoms with E-state index in [9.17, 15) is 5.11 Å². The Kier molecular flexibility index (Phi) is 6.18. The maximum Gasteiger partial charge on any atom is 0.328 e. The van der Waals surface area contributed by atoms with Crippen LogP contribution in [0.5, 0.6) is 17.5 Å². The van der Waals surface area contributed by atoms with E-state index in [1.807, 2.05) is 109 Å². The average Bonchev–Trinajstić information content (AvgIpc) is 3.41. The fraction of sp³-hybridized carbons (Fsp3) is 0.0690. The lowest BCUT2D eigenvalue weighted by molar-refractivity contribution is 0.428. The summed E-state index contributed by atoms with van der Waals surface area (Å²) in [5.74, 6) is 1.10. The number of aromatic nitrogens is 6. The van der Waals surface area contributed by atoms with Crippen molar-refractivity contribution in [3.63, 3.8) is 0 Å². The van der Waals surface area contributed by atoms with E-state index < -0.39 is 0 Å². The fourth-order valence-electron chi connectivity index (χ4n) is 4.02. The average molecular weight is 517 g/mol. The molecule has 6 rings (SSSR count). The number of hydrogen-bond donors (Lipinski definition) is 1. The molecule has 0 radical (unpaired) electrons. The number of rotatable bonds is 7. The van der Waals surface area contributed by atoms with Gasteiger partial charge in [0.15, 0.2) is 0 Å². The van der Waals surface area contributed by atoms with E-state index in [2.05, 4.69) is 20.2 Å². The van der Waals surface area contributed by atoms with Crippen LogP contribution in [-0.2, 0) is 0 Å². The van der Waals surface area contributed by atoms with Gasteiger partial charge < -0.3 is 19.6 Å². The van der Waals surface area contributed by atoms with Crippen molar-refractivity contribution in [2.45, 2.75) is 0 Å². The topological polar surface area (TPSA) is 105 Å². The number of ether oxygens (including phenoxy) is 1. The monoisotopic (exact) mass is 516 g/mol. The largest absolute Gasteiger partial charge is 0.505 e. The highest BCUT2D eigenvalue weighted by atomic mass is 16.5. The van der Waals surface area contributed by atoms with Crippen LogP contribution in [0.25, 0.3) is 16.7 Å². The third-order valence-corrected chi connectivity index (χ3v) is 6.14. The van der Waals surface area contributed by atoms with Crippen LogP contribution in [0, 0.1) is 0 Å². The third-order valence-electron chi connectivity index (χ3n) is 6.14. The van der Waals surface area contributed by atoms with Gasteiger partial charge in [0.1, 0.15) is 28.2 Å². The van der Waals surface area contributed by atoms with E-state index in [0.717, 1.165) is 22.4 Å². The van der Waals surface area contributed by atoms with Crippen molar-refractivity contribution in [2.75, 3.05) is 23.9 Å². The predicted octanol–water partition coefficient (Wildman–Crippen LogP) is 5.64. The van der Waals surface area contributed by atoms with E-state index in [1.54, 1.807) is 12.1 Å². The molecule has 0 atom stereocenters. The van der Waals surface area contributed by atoms with Crippen LogP contribution >= 0.6 is 0 Å². The molecule has 39 heavy (non-hydrogen) atoms. The summed E-state index contributed by atoms with van der Waals surface area (Å²) in [6, 6.07) is 32.0. The maximum atomic E-state index is 10.8. The predicted molar refractivity (Wildman–Crippen MR) is 149 cm³/mol. The molecule has 0 aliphatic carbocycles. The van der Waals surface area contributed by atoms with Crippen LogP contribution in [0.15, 0.2) is 103 Å². The van der Waals surface area contributed by atoms with E-state index in [1.165, 1.54) is 10.9 Å². The van der Waals surface area contributed by atoms with E-state index in [-0.39, 0.29) is 11.8 Å². The summed E-state index contributed by atoms with van der Waals surface area (Å²) in [6.07, 6.45) is 0. The summed E-state index contributed by atoms with van der Waals surface area (Å²) < 4.78 is 6.04. The molecule has 0 saturated heterocycles. The molecule has 10 nitrogen and oxygen atoms in total. The van der Waals surface area contributed by atoms with Gasteiger partial charge in [-0.2, -0.15) is 15.0 Å². The molecule has 2 aromatic heterocycles. The highest BCUT2D eigenvalue weighted by Crippen LogP contribution is 2.31. The highest BCUT2D eigenvalue weighted by Gasteiger charge is 2.18. The van der Waals surface area contributed by atoms with E-state index in [4.69, 9.17) is 9.72 Å². The summed E-state index contributed by atoms with van der Waals surface area (Å²) in [7, 11) is 3.75. The Labute approximate surface area is 224 Å². The van der Waals surface area contributed by atoms with Gasteiger partial charge in [-0.1, -0.05) is 48.5 Å². The zero-order chi connectivity index (χ0) is 26.8. The molecule has 0 unspecified atom stereocenters. The minimum absolute atomic E-state index is 0.0508. The Morgan fingerprint density at radius 3 is 1.67 bits per heavy atom. The van der Waals surface area contributed by atoms with E-state index in [0.29, 0.717) is 23.3 Å². The first-order valence-electron chi connectivity index (χ1n) is 12.2. The second-order valence-corrected chi connectivity index (χ2v) is 8.74. The van der Waals surface area contributed by atoms with Crippen molar-refractivity contribution in [3.05, 3.63) is 103 Å². The Balaban J connectivity index is 1.35. The van der Waals surface area contributed by atoms with Crippen molar-refractivity contribution in [1.29, 1.82) is 0 Å². The molecule has 0 spiro atoms. The van der Waals surface area contributed by atoms with Gasteiger partial charge in [0.2, 0.25) is 11.9 Å². The lowest BCUT2D eigenvalue weighted by Gasteiger charge is -2.22. The third kappa shape index (κ3) is 4.90. The molecular weight excluding hydrogens is 492 g/mol. The standard InChI is InChI=1S/C29H24N8O2/c1-35(20-11-5-3-6-12-20)27-30-28(36(2)21-13-7-4-8-14-21)32-29(31-27)39-22-17-18-25(26(38)19-22)37-33-23-15-9-10-16-24(23)34-37/h3-19,38H,1-2H3. The first-order valence-corrected chi connectivity index (χ1v) is 12.2. The summed E-state index contributed by atoms with van der Waals surface area (Å²) in [6.45, 7) is 0. The first-order chi connectivity index (χ1) is 19.0. The van der Waals surface area contributed by atoms with Crippen molar-refractivity contribution < 1.29 is 9.84 Å². The van der Waals surface area contributed by atoms with Gasteiger partial charge in [0, 0.05) is 31.5 Å². The smallest absolute Gasteiger partial charge is 0.328 e. The molecule has 0 amide bonds. The highest BCUT2D eigenvalue weighted by molar-refractivity contribution is 5.73. The van der Waals surface area contributed by atoms with Crippen LogP contribution < -0.4 is 14.5 Å². The molecule has 0 bridgehead atoms. The molecule has 0 aliphatic heterocycles. The minimum Gasteiger partial charge on any atom is -0.505 e. The van der Waals surface area contributed by atoms with Gasteiger partial charge in [0.05, 0.1) is 0 Å². The van der Waals surface area contributed by atoms with Crippen LogP contribution in [-0.4, -0.2) is 49.1 Å². The number of nitrogens with zero attached hydrogens (tertiary/aromatic N) is 8. The van der Waals surface area contributed by atoms with Crippen LogP contribution in [0.4, 0.5) is 23.3 Å². The van der Waals surface area contributed by atoms with Gasteiger partial charge in [-0.3, -0.25) is 0 Å². The molecule has 2 heterocycles. The van der Waals surface area contributed by atoms with Crippen molar-refractivity contribution in [2.24, 2.45) is 0 Å². The lowest BCUT2D eigenvalue weighted by Crippen LogP contribution is -2.19. The molecule has 0 saturated carbocycles. The molecule has 0 fully saturated rings. The number of phenols is 1. The van der Waals surface area contributed by atoms with Crippen LogP contribution in [0.3, 0.4) is 0 Å². The molecule has 0 aliphatic rings. The van der Waals surface area contributed by atoms with Crippen LogP contribution in [0.2, 0.25) is 0 Å². The molecule has 4 aromatic carbocycles. The zero-order valence-corrected chi connectivity index (χ0v) is 21.2. The summed E-state index contributed by atoms with van der Waals surface area (Å²) in [5, 5.41) is 19.7. The van der Waals surface area contributed by atoms with Gasteiger partial charge in [0.25, 0.3) is 0 Å². The lowest BCUT2D eigenvalue weighted by atomic mass is 10.3. The van der Waals surface area contributed by atoms with Crippen molar-refractivity contribution >= 4 is 34.3 Å². The number of anilines is 4. The van der Waals surface area contributed by atoms with E-state index >= 15 is 0 Å². The SMILES string of the molecule is CN(c1ccccc1)c1nc(Oc2ccc(-n3nc4ccccc4n3)c(O)c2)nc(N(C)c2ccccc2)n1. The quantitative estimate of drug-likeness (QED) is 0.289. The number of aromatic hydroxyl groups is 1. The molecule has 10 heteroatoms. The minimum atomic E-state index is -0.0508. The normalized spacial score (nSPS) is 10.9. The first kappa shape index (κ1) is 23.9. The maximum absolute atomic E-state index is 10.8. The van der Waals surface area contributed by atoms with Gasteiger partial charge >= 0.3 is 6.01 Å². The number of para-hydroxylation sites is 2.